The van der Waals surface area contributed by atoms with Crippen LogP contribution in [-0.4, -0.2) is 17.2 Å². The zero-order chi connectivity index (χ0) is 22.5. The molecular weight excluding hydrogens is 630 g/mol. The van der Waals surface area contributed by atoms with Gasteiger partial charge in [0.1, 0.15) is 18.1 Å². The number of ether oxygens (including phenoxy) is 1. The summed E-state index contributed by atoms with van der Waals surface area (Å²) >= 11 is 4.48. The van der Waals surface area contributed by atoms with Gasteiger partial charge in [0.25, 0.3) is 5.91 Å². The third kappa shape index (κ3) is 5.21. The molecule has 7 heteroatoms. The Kier molecular flexibility index (Phi) is 7.26. The Hall–Kier alpha value is -2.66. The number of hydrazone groups is 1. The van der Waals surface area contributed by atoms with Crippen molar-refractivity contribution in [1.82, 2.24) is 5.43 Å². The molecule has 0 saturated heterocycles. The molecule has 2 N–H and O–H groups in total. The van der Waals surface area contributed by atoms with Crippen LogP contribution in [0.15, 0.2) is 84.0 Å². The van der Waals surface area contributed by atoms with Crippen LogP contribution in [0.4, 0.5) is 0 Å². The van der Waals surface area contributed by atoms with E-state index in [9.17, 15) is 9.90 Å². The van der Waals surface area contributed by atoms with Crippen LogP contribution in [-0.2, 0) is 6.61 Å². The zero-order valence-electron chi connectivity index (χ0n) is 16.8. The van der Waals surface area contributed by atoms with Gasteiger partial charge < -0.3 is 9.84 Å². The van der Waals surface area contributed by atoms with Crippen LogP contribution in [0.1, 0.15) is 21.5 Å². The summed E-state index contributed by atoms with van der Waals surface area (Å²) in [5, 5.41) is 16.2. The summed E-state index contributed by atoms with van der Waals surface area (Å²) in [6.07, 6.45) is 1.57. The maximum Gasteiger partial charge on any atom is 0.275 e. The number of carbonyl (C=O) groups excluding carboxylic acids is 1. The molecule has 0 bridgehead atoms. The highest BCUT2D eigenvalue weighted by molar-refractivity contribution is 14.1. The van der Waals surface area contributed by atoms with E-state index in [1.54, 1.807) is 18.3 Å². The third-order valence-corrected chi connectivity index (χ3v) is 6.40. The fraction of sp³-hybridized carbons (Fsp3) is 0.0400. The highest BCUT2D eigenvalue weighted by Gasteiger charge is 2.11. The molecular formula is C25H18I2N2O3. The number of benzene rings is 4. The fourth-order valence-electron chi connectivity index (χ4n) is 3.25. The number of rotatable bonds is 6. The molecule has 0 aliphatic heterocycles. The summed E-state index contributed by atoms with van der Waals surface area (Å²) in [6, 6.07) is 24.7. The number of phenols is 1. The molecule has 0 aromatic heterocycles. The summed E-state index contributed by atoms with van der Waals surface area (Å²) in [5.41, 5.74) is 4.57. The number of nitrogens with one attached hydrogen (secondary N) is 1. The monoisotopic (exact) mass is 648 g/mol. The van der Waals surface area contributed by atoms with Crippen molar-refractivity contribution in [1.29, 1.82) is 0 Å². The Labute approximate surface area is 212 Å². The van der Waals surface area contributed by atoms with Gasteiger partial charge in [0.2, 0.25) is 0 Å². The third-order valence-electron chi connectivity index (χ3n) is 4.80. The number of aromatic hydroxyl groups is 1. The number of amides is 1. The Morgan fingerprint density at radius 3 is 2.44 bits per heavy atom. The fourth-order valence-corrected chi connectivity index (χ4v) is 5.38. The Balaban J connectivity index is 1.45. The van der Waals surface area contributed by atoms with Gasteiger partial charge in [0, 0.05) is 0 Å². The van der Waals surface area contributed by atoms with Gasteiger partial charge in [-0.25, -0.2) is 5.43 Å². The Bertz CT molecular complexity index is 1290. The van der Waals surface area contributed by atoms with Gasteiger partial charge >= 0.3 is 0 Å². The lowest BCUT2D eigenvalue weighted by Gasteiger charge is -2.13. The van der Waals surface area contributed by atoms with Crippen LogP contribution < -0.4 is 10.2 Å². The zero-order valence-corrected chi connectivity index (χ0v) is 21.1. The largest absolute Gasteiger partial charge is 0.507 e. The smallest absolute Gasteiger partial charge is 0.275 e. The minimum Gasteiger partial charge on any atom is -0.507 e. The van der Waals surface area contributed by atoms with Crippen molar-refractivity contribution in [3.8, 4) is 11.5 Å². The number of phenolic OH excluding ortho intramolecular Hbond substituents is 1. The van der Waals surface area contributed by atoms with Crippen molar-refractivity contribution in [3.05, 3.63) is 103 Å². The van der Waals surface area contributed by atoms with Crippen molar-refractivity contribution < 1.29 is 14.6 Å². The number of carbonyl (C=O) groups is 1. The van der Waals surface area contributed by atoms with Crippen LogP contribution in [0.2, 0.25) is 0 Å². The van der Waals surface area contributed by atoms with E-state index in [0.29, 0.717) is 6.61 Å². The molecule has 0 unspecified atom stereocenters. The molecule has 0 radical (unpaired) electrons. The number of fused-ring (bicyclic) bond motifs is 1. The Morgan fingerprint density at radius 2 is 1.66 bits per heavy atom. The van der Waals surface area contributed by atoms with Crippen molar-refractivity contribution in [2.75, 3.05) is 0 Å². The van der Waals surface area contributed by atoms with Crippen molar-refractivity contribution in [2.45, 2.75) is 6.61 Å². The van der Waals surface area contributed by atoms with Gasteiger partial charge in [0.05, 0.1) is 18.9 Å². The standard InChI is InChI=1S/C25H18I2N2O3/c26-21-12-16(14-28-29-25(31)20-10-3-4-11-23(20)30)13-22(27)24(21)32-15-18-8-5-7-17-6-1-2-9-19(17)18/h1-14,30H,15H2,(H,29,31). The van der Waals surface area contributed by atoms with Crippen LogP contribution in [0.3, 0.4) is 0 Å². The average molecular weight is 648 g/mol. The second-order valence-corrected chi connectivity index (χ2v) is 9.28. The molecule has 0 spiro atoms. The Morgan fingerprint density at radius 1 is 0.969 bits per heavy atom. The molecule has 160 valence electrons. The lowest BCUT2D eigenvalue weighted by atomic mass is 10.1. The maximum atomic E-state index is 12.1. The highest BCUT2D eigenvalue weighted by atomic mass is 127. The van der Waals surface area contributed by atoms with Crippen molar-refractivity contribution >= 4 is 68.1 Å². The predicted octanol–water partition coefficient (Wildman–Crippen LogP) is 6.10. The van der Waals surface area contributed by atoms with Gasteiger partial charge in [-0.05, 0) is 91.3 Å². The molecule has 4 aromatic rings. The first-order valence-electron chi connectivity index (χ1n) is 9.73. The molecule has 0 heterocycles. The van der Waals surface area contributed by atoms with E-state index in [-0.39, 0.29) is 11.3 Å². The van der Waals surface area contributed by atoms with Crippen LogP contribution in [0, 0.1) is 7.14 Å². The molecule has 0 aliphatic rings. The quantitative estimate of drug-likeness (QED) is 0.151. The summed E-state index contributed by atoms with van der Waals surface area (Å²) in [5.74, 6) is 0.255. The van der Waals surface area contributed by atoms with Gasteiger partial charge in [-0.1, -0.05) is 54.6 Å². The maximum absolute atomic E-state index is 12.1. The summed E-state index contributed by atoms with van der Waals surface area (Å²) < 4.78 is 8.07. The summed E-state index contributed by atoms with van der Waals surface area (Å²) in [4.78, 5) is 12.1. The van der Waals surface area contributed by atoms with Crippen LogP contribution in [0.25, 0.3) is 10.8 Å². The minimum atomic E-state index is -0.473. The van der Waals surface area contributed by atoms with E-state index in [1.807, 2.05) is 30.3 Å². The highest BCUT2D eigenvalue weighted by Crippen LogP contribution is 2.30. The van der Waals surface area contributed by atoms with E-state index in [1.165, 1.54) is 22.9 Å². The van der Waals surface area contributed by atoms with E-state index in [0.717, 1.165) is 24.0 Å². The molecule has 4 rings (SSSR count). The number of para-hydroxylation sites is 1. The number of hydrogen-bond acceptors (Lipinski definition) is 4. The molecule has 0 saturated carbocycles. The van der Waals surface area contributed by atoms with E-state index < -0.39 is 5.91 Å². The average Bonchev–Trinajstić information content (AvgIpc) is 2.79. The van der Waals surface area contributed by atoms with E-state index >= 15 is 0 Å². The molecule has 32 heavy (non-hydrogen) atoms. The predicted molar refractivity (Wildman–Crippen MR) is 143 cm³/mol. The van der Waals surface area contributed by atoms with E-state index in [4.69, 9.17) is 4.74 Å². The first-order valence-corrected chi connectivity index (χ1v) is 11.9. The topological polar surface area (TPSA) is 70.9 Å². The van der Waals surface area contributed by atoms with Gasteiger partial charge in [0.15, 0.2) is 0 Å². The number of hydrogen-bond donors (Lipinski definition) is 2. The number of nitrogens with zero attached hydrogens (tertiary/aromatic N) is 1. The lowest BCUT2D eigenvalue weighted by Crippen LogP contribution is -2.17. The minimum absolute atomic E-state index is 0.0861. The van der Waals surface area contributed by atoms with Crippen molar-refractivity contribution in [3.63, 3.8) is 0 Å². The van der Waals surface area contributed by atoms with Crippen LogP contribution in [0.5, 0.6) is 11.5 Å². The lowest BCUT2D eigenvalue weighted by molar-refractivity contribution is 0.0952. The normalized spacial score (nSPS) is 11.1. The number of halogens is 2. The van der Waals surface area contributed by atoms with Crippen LogP contribution >= 0.6 is 45.2 Å². The molecule has 1 amide bonds. The van der Waals surface area contributed by atoms with Gasteiger partial charge in [-0.2, -0.15) is 5.10 Å². The van der Waals surface area contributed by atoms with Gasteiger partial charge in [-0.15, -0.1) is 0 Å². The molecule has 4 aromatic carbocycles. The molecule has 0 aliphatic carbocycles. The molecule has 0 atom stereocenters. The molecule has 0 fully saturated rings. The molecule has 5 nitrogen and oxygen atoms in total. The summed E-state index contributed by atoms with van der Waals surface area (Å²) in [6.45, 7) is 0.470. The second-order valence-electron chi connectivity index (χ2n) is 6.96. The second kappa shape index (κ2) is 10.3. The van der Waals surface area contributed by atoms with E-state index in [2.05, 4.69) is 80.0 Å². The SMILES string of the molecule is O=C(NN=Cc1cc(I)c(OCc2cccc3ccccc23)c(I)c1)c1ccccc1O. The summed E-state index contributed by atoms with van der Waals surface area (Å²) in [7, 11) is 0. The first-order chi connectivity index (χ1) is 15.5. The van der Waals surface area contributed by atoms with Gasteiger partial charge in [-0.3, -0.25) is 4.79 Å². The van der Waals surface area contributed by atoms with Crippen molar-refractivity contribution in [2.24, 2.45) is 5.10 Å². The first kappa shape index (κ1) is 22.5.